The topological polar surface area (TPSA) is 59.4 Å². The van der Waals surface area contributed by atoms with Crippen molar-refractivity contribution in [2.24, 2.45) is 11.3 Å². The van der Waals surface area contributed by atoms with Crippen molar-refractivity contribution in [2.75, 3.05) is 0 Å². The summed E-state index contributed by atoms with van der Waals surface area (Å²) in [5.74, 6) is -0.142. The molecular weight excluding hydrogens is 278 g/mol. The Hall–Kier alpha value is -1.29. The summed E-state index contributed by atoms with van der Waals surface area (Å²) >= 11 is 5.80. The zero-order chi connectivity index (χ0) is 14.9. The lowest BCUT2D eigenvalue weighted by molar-refractivity contribution is 0.0527. The second-order valence-electron chi connectivity index (χ2n) is 6.46. The molecule has 1 fully saturated rings. The number of aromatic carboxylic acids is 1. The number of aromatic nitrogens is 1. The summed E-state index contributed by atoms with van der Waals surface area (Å²) in [7, 11) is 0. The molecule has 1 saturated carbocycles. The maximum atomic E-state index is 11.1. The van der Waals surface area contributed by atoms with Gasteiger partial charge in [0.1, 0.15) is 6.10 Å². The van der Waals surface area contributed by atoms with Crippen LogP contribution in [0.25, 0.3) is 0 Å². The summed E-state index contributed by atoms with van der Waals surface area (Å²) < 4.78 is 5.87. The van der Waals surface area contributed by atoms with E-state index in [0.29, 0.717) is 11.8 Å². The van der Waals surface area contributed by atoms with E-state index in [9.17, 15) is 4.79 Å². The van der Waals surface area contributed by atoms with Gasteiger partial charge in [-0.2, -0.15) is 0 Å². The predicted octanol–water partition coefficient (Wildman–Crippen LogP) is 4.03. The number of hydrogen-bond donors (Lipinski definition) is 1. The van der Waals surface area contributed by atoms with E-state index in [1.807, 2.05) is 0 Å². The Labute approximate surface area is 124 Å². The second kappa shape index (κ2) is 5.60. The van der Waals surface area contributed by atoms with Crippen LogP contribution in [0.5, 0.6) is 5.88 Å². The molecule has 1 N–H and O–H groups in total. The first-order valence-electron chi connectivity index (χ1n) is 6.82. The van der Waals surface area contributed by atoms with Gasteiger partial charge in [0.15, 0.2) is 0 Å². The van der Waals surface area contributed by atoms with Crippen LogP contribution in [-0.2, 0) is 0 Å². The molecule has 4 nitrogen and oxygen atoms in total. The molecule has 0 aromatic carbocycles. The third kappa shape index (κ3) is 3.63. The smallest absolute Gasteiger partial charge is 0.337 e. The van der Waals surface area contributed by atoms with Crippen molar-refractivity contribution in [1.82, 2.24) is 4.98 Å². The van der Waals surface area contributed by atoms with E-state index in [4.69, 9.17) is 21.4 Å². The van der Waals surface area contributed by atoms with E-state index < -0.39 is 5.97 Å². The molecule has 1 aliphatic carbocycles. The molecular formula is C15H20ClNO3. The van der Waals surface area contributed by atoms with Gasteiger partial charge < -0.3 is 9.84 Å². The van der Waals surface area contributed by atoms with Gasteiger partial charge in [-0.1, -0.05) is 32.4 Å². The predicted molar refractivity (Wildman–Crippen MR) is 77.4 cm³/mol. The third-order valence-corrected chi connectivity index (χ3v) is 4.00. The fourth-order valence-corrected chi connectivity index (χ4v) is 3.35. The molecule has 1 aliphatic rings. The number of carboxylic acid groups (broad SMARTS) is 1. The van der Waals surface area contributed by atoms with E-state index >= 15 is 0 Å². The van der Waals surface area contributed by atoms with Gasteiger partial charge in [0.2, 0.25) is 5.88 Å². The molecule has 2 rings (SSSR count). The molecule has 2 atom stereocenters. The molecule has 20 heavy (non-hydrogen) atoms. The zero-order valence-corrected chi connectivity index (χ0v) is 12.8. The Kier molecular flexibility index (Phi) is 4.23. The highest BCUT2D eigenvalue weighted by molar-refractivity contribution is 6.33. The first-order valence-corrected chi connectivity index (χ1v) is 7.20. The summed E-state index contributed by atoms with van der Waals surface area (Å²) in [6.07, 6.45) is 4.50. The molecule has 0 amide bonds. The fourth-order valence-electron chi connectivity index (χ4n) is 3.17. The van der Waals surface area contributed by atoms with Crippen LogP contribution in [0.4, 0.5) is 0 Å². The quantitative estimate of drug-likeness (QED) is 0.915. The number of halogens is 1. The number of rotatable bonds is 3. The fraction of sp³-hybridized carbons (Fsp3) is 0.600. The Morgan fingerprint density at radius 1 is 1.50 bits per heavy atom. The van der Waals surface area contributed by atoms with Gasteiger partial charge in [0.05, 0.1) is 16.8 Å². The van der Waals surface area contributed by atoms with Crippen molar-refractivity contribution in [2.45, 2.75) is 46.1 Å². The minimum atomic E-state index is -1.07. The Balaban J connectivity index is 2.14. The van der Waals surface area contributed by atoms with E-state index in [-0.39, 0.29) is 22.1 Å². The Morgan fingerprint density at radius 3 is 2.80 bits per heavy atom. The van der Waals surface area contributed by atoms with Gasteiger partial charge in [0, 0.05) is 6.07 Å². The van der Waals surface area contributed by atoms with Crippen LogP contribution in [-0.4, -0.2) is 22.2 Å². The molecule has 0 bridgehead atoms. The van der Waals surface area contributed by atoms with Crippen LogP contribution in [0.3, 0.4) is 0 Å². The van der Waals surface area contributed by atoms with Crippen molar-refractivity contribution in [3.63, 3.8) is 0 Å². The molecule has 5 heteroatoms. The SMILES string of the molecule is CC1CC(Oc2cc(C(=O)O)c(Cl)cn2)CC(C)(C)C1. The molecule has 2 unspecified atom stereocenters. The van der Waals surface area contributed by atoms with Crippen molar-refractivity contribution in [3.05, 3.63) is 22.8 Å². The van der Waals surface area contributed by atoms with E-state index in [0.717, 1.165) is 12.8 Å². The number of hydrogen-bond acceptors (Lipinski definition) is 3. The molecule has 0 saturated heterocycles. The van der Waals surface area contributed by atoms with Crippen molar-refractivity contribution < 1.29 is 14.6 Å². The van der Waals surface area contributed by atoms with Crippen LogP contribution in [0.15, 0.2) is 12.3 Å². The average Bonchev–Trinajstić information content (AvgIpc) is 2.28. The minimum absolute atomic E-state index is 0.0276. The number of nitrogens with zero attached hydrogens (tertiary/aromatic N) is 1. The average molecular weight is 298 g/mol. The first kappa shape index (κ1) is 15.1. The van der Waals surface area contributed by atoms with E-state index in [1.54, 1.807) is 0 Å². The first-order chi connectivity index (χ1) is 9.27. The maximum absolute atomic E-state index is 11.1. The standard InChI is InChI=1S/C15H20ClNO3/c1-9-4-10(7-15(2,3)6-9)20-13-5-11(14(18)19)12(16)8-17-13/h5,8-10H,4,6-7H2,1-3H3,(H,18,19). The molecule has 0 spiro atoms. The molecule has 1 aromatic rings. The van der Waals surface area contributed by atoms with Gasteiger partial charge in [-0.05, 0) is 30.6 Å². The van der Waals surface area contributed by atoms with Crippen LogP contribution in [0, 0.1) is 11.3 Å². The summed E-state index contributed by atoms with van der Waals surface area (Å²) in [6.45, 7) is 6.68. The highest BCUT2D eigenvalue weighted by Crippen LogP contribution is 2.39. The molecule has 0 radical (unpaired) electrons. The molecule has 1 aromatic heterocycles. The van der Waals surface area contributed by atoms with E-state index in [2.05, 4.69) is 25.8 Å². The lowest BCUT2D eigenvalue weighted by Crippen LogP contribution is -2.34. The molecule has 1 heterocycles. The summed E-state index contributed by atoms with van der Waals surface area (Å²) in [6, 6.07) is 1.40. The molecule has 0 aliphatic heterocycles. The van der Waals surface area contributed by atoms with Crippen LogP contribution in [0.1, 0.15) is 50.4 Å². The summed E-state index contributed by atoms with van der Waals surface area (Å²) in [4.78, 5) is 15.1. The van der Waals surface area contributed by atoms with Crippen molar-refractivity contribution >= 4 is 17.6 Å². The third-order valence-electron chi connectivity index (χ3n) is 3.69. The lowest BCUT2D eigenvalue weighted by atomic mass is 9.71. The van der Waals surface area contributed by atoms with Crippen LogP contribution >= 0.6 is 11.6 Å². The summed E-state index contributed by atoms with van der Waals surface area (Å²) in [5, 5.41) is 9.18. The van der Waals surface area contributed by atoms with Crippen LogP contribution < -0.4 is 4.74 Å². The highest BCUT2D eigenvalue weighted by atomic mass is 35.5. The second-order valence-corrected chi connectivity index (χ2v) is 6.87. The lowest BCUT2D eigenvalue weighted by Gasteiger charge is -2.38. The van der Waals surface area contributed by atoms with Gasteiger partial charge in [-0.3, -0.25) is 0 Å². The summed E-state index contributed by atoms with van der Waals surface area (Å²) in [5.41, 5.74) is 0.268. The van der Waals surface area contributed by atoms with Crippen molar-refractivity contribution in [1.29, 1.82) is 0 Å². The molecule has 110 valence electrons. The van der Waals surface area contributed by atoms with Gasteiger partial charge in [0.25, 0.3) is 0 Å². The normalized spacial score (nSPS) is 25.2. The Morgan fingerprint density at radius 2 is 2.20 bits per heavy atom. The zero-order valence-electron chi connectivity index (χ0n) is 12.0. The number of pyridine rings is 1. The Bertz CT molecular complexity index is 516. The number of carbonyl (C=O) groups is 1. The van der Waals surface area contributed by atoms with Crippen molar-refractivity contribution in [3.8, 4) is 5.88 Å². The largest absolute Gasteiger partial charge is 0.478 e. The van der Waals surface area contributed by atoms with Gasteiger partial charge in [-0.25, -0.2) is 9.78 Å². The maximum Gasteiger partial charge on any atom is 0.337 e. The highest BCUT2D eigenvalue weighted by Gasteiger charge is 2.33. The van der Waals surface area contributed by atoms with Gasteiger partial charge >= 0.3 is 5.97 Å². The van der Waals surface area contributed by atoms with Gasteiger partial charge in [-0.15, -0.1) is 0 Å². The number of ether oxygens (including phenoxy) is 1. The number of carboxylic acids is 1. The van der Waals surface area contributed by atoms with Crippen LogP contribution in [0.2, 0.25) is 5.02 Å². The minimum Gasteiger partial charge on any atom is -0.478 e. The monoisotopic (exact) mass is 297 g/mol. The van der Waals surface area contributed by atoms with E-state index in [1.165, 1.54) is 18.7 Å².